The number of aliphatic carboxylic acids is 1. The lowest BCUT2D eigenvalue weighted by atomic mass is 9.69. The topological polar surface area (TPSA) is 82.2 Å². The molecule has 1 aliphatic rings. The first-order valence-corrected chi connectivity index (χ1v) is 7.16. The molecule has 2 aromatic rings. The number of hydrogen-bond acceptors (Lipinski definition) is 2. The van der Waals surface area contributed by atoms with Crippen LogP contribution in [0.15, 0.2) is 30.5 Å². The summed E-state index contributed by atoms with van der Waals surface area (Å²) in [6.45, 7) is 0.226. The van der Waals surface area contributed by atoms with Crippen LogP contribution in [0.3, 0.4) is 0 Å². The van der Waals surface area contributed by atoms with Crippen molar-refractivity contribution in [1.82, 2.24) is 10.3 Å². The number of benzene rings is 1. The minimum absolute atomic E-state index is 0.132. The van der Waals surface area contributed by atoms with Crippen LogP contribution < -0.4 is 5.32 Å². The molecule has 3 rings (SSSR count). The molecule has 0 bridgehead atoms. The third-order valence-electron chi connectivity index (χ3n) is 4.41. The molecule has 1 fully saturated rings. The van der Waals surface area contributed by atoms with E-state index in [4.69, 9.17) is 0 Å². The van der Waals surface area contributed by atoms with Gasteiger partial charge in [0.25, 0.3) is 0 Å². The van der Waals surface area contributed by atoms with Crippen molar-refractivity contribution in [2.75, 3.05) is 6.54 Å². The molecule has 0 atom stereocenters. The number of carbonyl (C=O) groups is 2. The first-order chi connectivity index (χ1) is 10.1. The van der Waals surface area contributed by atoms with Crippen LogP contribution in [-0.2, 0) is 16.0 Å². The average Bonchev–Trinajstić information content (AvgIpc) is 2.81. The predicted molar refractivity (Wildman–Crippen MR) is 78.9 cm³/mol. The Hall–Kier alpha value is -2.30. The number of H-pyrrole nitrogens is 1. The van der Waals surface area contributed by atoms with Crippen LogP contribution in [0.2, 0.25) is 0 Å². The van der Waals surface area contributed by atoms with Crippen LogP contribution in [-0.4, -0.2) is 28.5 Å². The number of para-hydroxylation sites is 1. The standard InChI is InChI=1S/C16H18N2O3/c19-14(18-10-16(15(20)21)6-3-7-16)8-11-9-17-13-5-2-1-4-12(11)13/h1-2,4-5,9,17H,3,6-8,10H2,(H,18,19)(H,20,21). The highest BCUT2D eigenvalue weighted by Crippen LogP contribution is 2.40. The van der Waals surface area contributed by atoms with Gasteiger partial charge in [-0.3, -0.25) is 9.59 Å². The molecule has 110 valence electrons. The Morgan fingerprint density at radius 2 is 2.05 bits per heavy atom. The van der Waals surface area contributed by atoms with Crippen molar-refractivity contribution >= 4 is 22.8 Å². The van der Waals surface area contributed by atoms with Crippen molar-refractivity contribution in [1.29, 1.82) is 0 Å². The fourth-order valence-electron chi connectivity index (χ4n) is 2.85. The molecule has 1 aromatic carbocycles. The lowest BCUT2D eigenvalue weighted by molar-refractivity contribution is -0.154. The van der Waals surface area contributed by atoms with Gasteiger partial charge in [-0.05, 0) is 24.5 Å². The van der Waals surface area contributed by atoms with Crippen LogP contribution in [0.5, 0.6) is 0 Å². The number of hydrogen-bond donors (Lipinski definition) is 3. The predicted octanol–water partition coefficient (Wildman–Crippen LogP) is 2.08. The Morgan fingerprint density at radius 3 is 2.71 bits per heavy atom. The summed E-state index contributed by atoms with van der Waals surface area (Å²) in [5.74, 6) is -0.937. The smallest absolute Gasteiger partial charge is 0.311 e. The molecule has 0 saturated heterocycles. The molecule has 1 saturated carbocycles. The summed E-state index contributed by atoms with van der Waals surface area (Å²) < 4.78 is 0. The molecule has 3 N–H and O–H groups in total. The van der Waals surface area contributed by atoms with Gasteiger partial charge in [-0.1, -0.05) is 24.6 Å². The van der Waals surface area contributed by atoms with E-state index >= 15 is 0 Å². The quantitative estimate of drug-likeness (QED) is 0.787. The molecular weight excluding hydrogens is 268 g/mol. The highest BCUT2D eigenvalue weighted by atomic mass is 16.4. The zero-order chi connectivity index (χ0) is 14.9. The maximum absolute atomic E-state index is 12.0. The summed E-state index contributed by atoms with van der Waals surface area (Å²) in [5.41, 5.74) is 1.19. The van der Waals surface area contributed by atoms with Crippen molar-refractivity contribution in [2.24, 2.45) is 5.41 Å². The fraction of sp³-hybridized carbons (Fsp3) is 0.375. The van der Waals surface area contributed by atoms with Crippen molar-refractivity contribution in [3.63, 3.8) is 0 Å². The molecule has 1 aromatic heterocycles. The summed E-state index contributed by atoms with van der Waals surface area (Å²) in [4.78, 5) is 26.4. The maximum Gasteiger partial charge on any atom is 0.311 e. The van der Waals surface area contributed by atoms with Gasteiger partial charge in [0.2, 0.25) is 5.91 Å². The Kier molecular flexibility index (Phi) is 3.41. The number of rotatable bonds is 5. The molecule has 1 heterocycles. The zero-order valence-electron chi connectivity index (χ0n) is 11.7. The summed E-state index contributed by atoms with van der Waals surface area (Å²) in [7, 11) is 0. The normalized spacial score (nSPS) is 16.4. The zero-order valence-corrected chi connectivity index (χ0v) is 11.7. The number of fused-ring (bicyclic) bond motifs is 1. The molecule has 1 aliphatic carbocycles. The van der Waals surface area contributed by atoms with Gasteiger partial charge in [-0.25, -0.2) is 0 Å². The number of aromatic nitrogens is 1. The van der Waals surface area contributed by atoms with Gasteiger partial charge in [0.1, 0.15) is 0 Å². The second-order valence-electron chi connectivity index (χ2n) is 5.75. The minimum Gasteiger partial charge on any atom is -0.481 e. The second kappa shape index (κ2) is 5.24. The number of carboxylic acids is 1. The van der Waals surface area contributed by atoms with Crippen LogP contribution in [0.1, 0.15) is 24.8 Å². The van der Waals surface area contributed by atoms with Crippen LogP contribution >= 0.6 is 0 Å². The summed E-state index contributed by atoms with van der Waals surface area (Å²) in [6.07, 6.45) is 4.32. The fourth-order valence-corrected chi connectivity index (χ4v) is 2.85. The van der Waals surface area contributed by atoms with Gasteiger partial charge in [-0.2, -0.15) is 0 Å². The van der Waals surface area contributed by atoms with E-state index in [0.29, 0.717) is 12.8 Å². The average molecular weight is 286 g/mol. The number of carboxylic acid groups (broad SMARTS) is 1. The third-order valence-corrected chi connectivity index (χ3v) is 4.41. The molecule has 0 spiro atoms. The third kappa shape index (κ3) is 2.51. The van der Waals surface area contributed by atoms with Gasteiger partial charge in [-0.15, -0.1) is 0 Å². The van der Waals surface area contributed by atoms with E-state index in [0.717, 1.165) is 22.9 Å². The first kappa shape index (κ1) is 13.7. The van der Waals surface area contributed by atoms with E-state index < -0.39 is 11.4 Å². The van der Waals surface area contributed by atoms with Crippen LogP contribution in [0.4, 0.5) is 0 Å². The van der Waals surface area contributed by atoms with Crippen molar-refractivity contribution in [3.8, 4) is 0 Å². The second-order valence-corrected chi connectivity index (χ2v) is 5.75. The van der Waals surface area contributed by atoms with E-state index in [9.17, 15) is 14.7 Å². The van der Waals surface area contributed by atoms with Crippen LogP contribution in [0.25, 0.3) is 10.9 Å². The lowest BCUT2D eigenvalue weighted by Gasteiger charge is -2.37. The highest BCUT2D eigenvalue weighted by Gasteiger charge is 2.44. The largest absolute Gasteiger partial charge is 0.481 e. The number of amides is 1. The Bertz CT molecular complexity index is 686. The van der Waals surface area contributed by atoms with Crippen molar-refractivity contribution < 1.29 is 14.7 Å². The first-order valence-electron chi connectivity index (χ1n) is 7.16. The number of nitrogens with one attached hydrogen (secondary N) is 2. The van der Waals surface area contributed by atoms with Crippen LogP contribution in [0, 0.1) is 5.41 Å². The number of carbonyl (C=O) groups excluding carboxylic acids is 1. The van der Waals surface area contributed by atoms with E-state index in [1.165, 1.54) is 0 Å². The molecule has 0 unspecified atom stereocenters. The molecule has 21 heavy (non-hydrogen) atoms. The van der Waals surface area contributed by atoms with Gasteiger partial charge in [0, 0.05) is 23.6 Å². The monoisotopic (exact) mass is 286 g/mol. The molecular formula is C16H18N2O3. The van der Waals surface area contributed by atoms with Crippen molar-refractivity contribution in [2.45, 2.75) is 25.7 Å². The van der Waals surface area contributed by atoms with E-state index in [-0.39, 0.29) is 18.9 Å². The minimum atomic E-state index is -0.804. The lowest BCUT2D eigenvalue weighted by Crippen LogP contribution is -2.47. The van der Waals surface area contributed by atoms with Gasteiger partial charge < -0.3 is 15.4 Å². The van der Waals surface area contributed by atoms with E-state index in [1.54, 1.807) is 0 Å². The molecule has 1 amide bonds. The van der Waals surface area contributed by atoms with Gasteiger partial charge >= 0.3 is 5.97 Å². The Labute approximate surface area is 122 Å². The molecule has 5 heteroatoms. The molecule has 0 radical (unpaired) electrons. The van der Waals surface area contributed by atoms with E-state index in [1.807, 2.05) is 30.5 Å². The Morgan fingerprint density at radius 1 is 1.29 bits per heavy atom. The van der Waals surface area contributed by atoms with E-state index in [2.05, 4.69) is 10.3 Å². The van der Waals surface area contributed by atoms with Gasteiger partial charge in [0.15, 0.2) is 0 Å². The Balaban J connectivity index is 1.63. The maximum atomic E-state index is 12.0. The summed E-state index contributed by atoms with van der Waals surface area (Å²) in [6, 6.07) is 7.81. The number of aromatic amines is 1. The summed E-state index contributed by atoms with van der Waals surface area (Å²) in [5, 5.41) is 13.0. The molecule has 5 nitrogen and oxygen atoms in total. The highest BCUT2D eigenvalue weighted by molar-refractivity contribution is 5.89. The van der Waals surface area contributed by atoms with Gasteiger partial charge in [0.05, 0.1) is 11.8 Å². The summed E-state index contributed by atoms with van der Waals surface area (Å²) >= 11 is 0. The van der Waals surface area contributed by atoms with Crippen molar-refractivity contribution in [3.05, 3.63) is 36.0 Å². The molecule has 0 aliphatic heterocycles. The SMILES string of the molecule is O=C(Cc1c[nH]c2ccccc12)NCC1(C(=O)O)CCC1.